The van der Waals surface area contributed by atoms with Crippen LogP contribution in [0.5, 0.6) is 0 Å². The molecular formula is C10H11ClN3O10P3S. The van der Waals surface area contributed by atoms with Gasteiger partial charge in [-0.2, -0.15) is 13.6 Å². The molecule has 0 saturated carbocycles. The first-order valence-corrected chi connectivity index (χ1v) is 12.0. The third-order valence-electron chi connectivity index (χ3n) is 2.70. The highest BCUT2D eigenvalue weighted by atomic mass is 35.5. The van der Waals surface area contributed by atoms with Gasteiger partial charge >= 0.3 is 23.5 Å². The Morgan fingerprint density at radius 2 is 1.64 bits per heavy atom. The average Bonchev–Trinajstić information content (AvgIpc) is 2.47. The number of rotatable bonds is 7. The first-order valence-electron chi connectivity index (χ1n) is 6.67. The van der Waals surface area contributed by atoms with Gasteiger partial charge in [-0.3, -0.25) is 4.89 Å². The standard InChI is InChI=1S/C10H11ClN3O10P3S/c11-8-4-2-1-3-6(8)7-5-14(10(28)13-9(7)12)22-26(18,19)24-27(20,21)23-25(15,16)17/h1-5H,(H,18,19)(H,20,21)(H2,12,13,28)(H2,15,16,17). The van der Waals surface area contributed by atoms with Crippen LogP contribution in [0.15, 0.2) is 30.5 Å². The van der Waals surface area contributed by atoms with Gasteiger partial charge in [-0.25, -0.2) is 13.7 Å². The van der Waals surface area contributed by atoms with E-state index in [0.29, 0.717) is 10.3 Å². The molecule has 13 nitrogen and oxygen atoms in total. The van der Waals surface area contributed by atoms with E-state index in [0.717, 1.165) is 6.20 Å². The Bertz CT molecular complexity index is 1100. The molecule has 1 aromatic heterocycles. The molecule has 1 aromatic carbocycles. The fourth-order valence-corrected chi connectivity index (χ4v) is 5.26. The summed E-state index contributed by atoms with van der Waals surface area (Å²) in [6, 6.07) is 6.34. The largest absolute Gasteiger partial charge is 0.555 e. The third kappa shape index (κ3) is 6.45. The van der Waals surface area contributed by atoms with Gasteiger partial charge in [-0.05, 0) is 18.3 Å². The van der Waals surface area contributed by atoms with Crippen molar-refractivity contribution in [2.24, 2.45) is 0 Å². The van der Waals surface area contributed by atoms with Crippen LogP contribution in [-0.2, 0) is 22.3 Å². The van der Waals surface area contributed by atoms with Gasteiger partial charge < -0.3 is 25.0 Å². The molecule has 6 N–H and O–H groups in total. The van der Waals surface area contributed by atoms with E-state index in [9.17, 15) is 18.6 Å². The van der Waals surface area contributed by atoms with Crippen LogP contribution in [0.1, 0.15) is 0 Å². The van der Waals surface area contributed by atoms with Crippen molar-refractivity contribution < 1.29 is 46.5 Å². The van der Waals surface area contributed by atoms with E-state index in [1.807, 2.05) is 0 Å². The summed E-state index contributed by atoms with van der Waals surface area (Å²) in [4.78, 5) is 39.5. The smallest absolute Gasteiger partial charge is 0.383 e. The van der Waals surface area contributed by atoms with Crippen LogP contribution in [0.3, 0.4) is 0 Å². The number of hydrogen-bond donors (Lipinski definition) is 5. The average molecular weight is 494 g/mol. The SMILES string of the molecule is Nc1nc(=S)n(OP(=O)(O)OP(=O)(O)OP(=O)(O)O)cc1-c1ccccc1Cl. The summed E-state index contributed by atoms with van der Waals surface area (Å²) in [5, 5.41) is 0.248. The highest BCUT2D eigenvalue weighted by Crippen LogP contribution is 2.65. The summed E-state index contributed by atoms with van der Waals surface area (Å²) in [5.41, 5.74) is 6.24. The van der Waals surface area contributed by atoms with E-state index >= 15 is 0 Å². The van der Waals surface area contributed by atoms with Crippen LogP contribution < -0.4 is 10.4 Å². The predicted octanol–water partition coefficient (Wildman–Crippen LogP) is 2.27. The molecule has 1 heterocycles. The molecule has 2 rings (SSSR count). The molecule has 0 aliphatic rings. The Labute approximate surface area is 166 Å². The number of nitrogen functional groups attached to an aromatic ring is 1. The number of phosphoric acid groups is 3. The van der Waals surface area contributed by atoms with Gasteiger partial charge in [-0.15, -0.1) is 4.73 Å². The van der Waals surface area contributed by atoms with Crippen molar-refractivity contribution in [3.05, 3.63) is 40.3 Å². The Hall–Kier alpha value is -1.14. The zero-order chi connectivity index (χ0) is 21.3. The lowest BCUT2D eigenvalue weighted by Gasteiger charge is -2.18. The lowest BCUT2D eigenvalue weighted by atomic mass is 10.1. The summed E-state index contributed by atoms with van der Waals surface area (Å²) >= 11 is 10.9. The van der Waals surface area contributed by atoms with E-state index in [4.69, 9.17) is 44.2 Å². The summed E-state index contributed by atoms with van der Waals surface area (Å²) in [5.74, 6) is -0.107. The molecule has 0 saturated heterocycles. The fraction of sp³-hybridized carbons (Fsp3) is 0. The second-order valence-electron chi connectivity index (χ2n) is 4.80. The van der Waals surface area contributed by atoms with Gasteiger partial charge in [0.15, 0.2) is 0 Å². The Balaban J connectivity index is 2.38. The molecule has 0 aliphatic heterocycles. The molecule has 0 amide bonds. The number of nitrogens with two attached hydrogens (primary N) is 1. The Morgan fingerprint density at radius 1 is 1.04 bits per heavy atom. The van der Waals surface area contributed by atoms with Crippen molar-refractivity contribution in [2.75, 3.05) is 5.73 Å². The summed E-state index contributed by atoms with van der Waals surface area (Å²) in [7, 11) is -16.7. The normalized spacial score (nSPS) is 16.2. The van der Waals surface area contributed by atoms with Crippen molar-refractivity contribution in [3.63, 3.8) is 0 Å². The van der Waals surface area contributed by atoms with E-state index in [2.05, 4.69) is 18.2 Å². The highest BCUT2D eigenvalue weighted by molar-refractivity contribution is 7.71. The molecule has 28 heavy (non-hydrogen) atoms. The maximum absolute atomic E-state index is 11.9. The highest BCUT2D eigenvalue weighted by Gasteiger charge is 2.42. The third-order valence-corrected chi connectivity index (χ3v) is 7.01. The minimum absolute atomic E-state index is 0.107. The topological polar surface area (TPSA) is 204 Å². The molecule has 0 bridgehead atoms. The maximum Gasteiger partial charge on any atom is 0.555 e. The minimum Gasteiger partial charge on any atom is -0.383 e. The monoisotopic (exact) mass is 493 g/mol. The van der Waals surface area contributed by atoms with E-state index in [1.165, 1.54) is 6.07 Å². The van der Waals surface area contributed by atoms with E-state index in [1.54, 1.807) is 18.2 Å². The number of nitrogens with zero attached hydrogens (tertiary/aromatic N) is 2. The molecular weight excluding hydrogens is 483 g/mol. The second kappa shape index (κ2) is 8.31. The van der Waals surface area contributed by atoms with Gasteiger partial charge in [0.25, 0.3) is 0 Å². The summed E-state index contributed by atoms with van der Waals surface area (Å²) < 4.78 is 45.6. The zero-order valence-corrected chi connectivity index (χ0v) is 17.5. The van der Waals surface area contributed by atoms with Crippen molar-refractivity contribution >= 4 is 53.1 Å². The first kappa shape index (κ1) is 23.1. The maximum atomic E-state index is 11.9. The predicted molar refractivity (Wildman–Crippen MR) is 98.4 cm³/mol. The molecule has 154 valence electrons. The van der Waals surface area contributed by atoms with Crippen LogP contribution in [-0.4, -0.2) is 29.3 Å². The number of hydrogen-bond acceptors (Lipinski definition) is 9. The van der Waals surface area contributed by atoms with Crippen molar-refractivity contribution in [1.82, 2.24) is 9.71 Å². The molecule has 2 unspecified atom stereocenters. The van der Waals surface area contributed by atoms with Gasteiger partial charge in [0.1, 0.15) is 5.82 Å². The molecule has 18 heteroatoms. The molecule has 2 aromatic rings. The number of halogens is 1. The van der Waals surface area contributed by atoms with E-state index in [-0.39, 0.29) is 16.4 Å². The quantitative estimate of drug-likeness (QED) is 0.277. The van der Waals surface area contributed by atoms with Crippen LogP contribution in [0.2, 0.25) is 5.02 Å². The Kier molecular flexibility index (Phi) is 6.87. The van der Waals surface area contributed by atoms with Gasteiger partial charge in [-0.1, -0.05) is 29.8 Å². The number of aromatic nitrogens is 2. The van der Waals surface area contributed by atoms with Crippen LogP contribution in [0.4, 0.5) is 5.82 Å². The zero-order valence-electron chi connectivity index (χ0n) is 13.2. The lowest BCUT2D eigenvalue weighted by Crippen LogP contribution is -2.14. The minimum atomic E-state index is -5.69. The van der Waals surface area contributed by atoms with Gasteiger partial charge in [0, 0.05) is 16.1 Å². The van der Waals surface area contributed by atoms with Crippen molar-refractivity contribution in [3.8, 4) is 11.1 Å². The molecule has 0 spiro atoms. The molecule has 0 radical (unpaired) electrons. The number of benzene rings is 1. The first-order chi connectivity index (χ1) is 12.7. The van der Waals surface area contributed by atoms with Crippen molar-refractivity contribution in [2.45, 2.75) is 0 Å². The van der Waals surface area contributed by atoms with E-state index < -0.39 is 28.2 Å². The van der Waals surface area contributed by atoms with Gasteiger partial charge in [0.05, 0.1) is 6.20 Å². The van der Waals surface area contributed by atoms with Crippen molar-refractivity contribution in [1.29, 1.82) is 0 Å². The molecule has 0 fully saturated rings. The van der Waals surface area contributed by atoms with Crippen LogP contribution >= 0.6 is 47.3 Å². The van der Waals surface area contributed by atoms with Gasteiger partial charge in [0.2, 0.25) is 4.77 Å². The lowest BCUT2D eigenvalue weighted by molar-refractivity contribution is 0.156. The van der Waals surface area contributed by atoms with Crippen LogP contribution in [0, 0.1) is 4.77 Å². The Morgan fingerprint density at radius 3 is 2.21 bits per heavy atom. The second-order valence-corrected chi connectivity index (χ2v) is 9.90. The summed E-state index contributed by atoms with van der Waals surface area (Å²) in [6.07, 6.45) is 1.00. The summed E-state index contributed by atoms with van der Waals surface area (Å²) in [6.45, 7) is 0. The molecule has 0 aliphatic carbocycles. The molecule has 2 atom stereocenters. The number of anilines is 1. The van der Waals surface area contributed by atoms with Crippen LogP contribution in [0.25, 0.3) is 11.1 Å². The fourth-order valence-electron chi connectivity index (χ4n) is 1.80.